The highest BCUT2D eigenvalue weighted by Crippen LogP contribution is 2.37. The van der Waals surface area contributed by atoms with Crippen LogP contribution in [-0.4, -0.2) is 29.8 Å². The third-order valence-electron chi connectivity index (χ3n) is 6.18. The topological polar surface area (TPSA) is 60.9 Å². The zero-order valence-corrected chi connectivity index (χ0v) is 21.7. The molecule has 0 radical (unpaired) electrons. The van der Waals surface area contributed by atoms with Gasteiger partial charge < -0.3 is 19.1 Å². The fourth-order valence-electron chi connectivity index (χ4n) is 4.41. The summed E-state index contributed by atoms with van der Waals surface area (Å²) >= 11 is 0. The first-order valence-corrected chi connectivity index (χ1v) is 12.7. The molecule has 1 aliphatic rings. The first-order chi connectivity index (χ1) is 17.3. The van der Waals surface area contributed by atoms with E-state index in [2.05, 4.69) is 16.0 Å². The summed E-state index contributed by atoms with van der Waals surface area (Å²) in [6.45, 7) is 6.21. The lowest BCUT2D eigenvalue weighted by Gasteiger charge is -2.28. The molecule has 6 heteroatoms. The number of anilines is 2. The molecule has 0 N–H and O–H groups in total. The van der Waals surface area contributed by atoms with Crippen molar-refractivity contribution in [1.29, 1.82) is 0 Å². The quantitative estimate of drug-likeness (QED) is 0.315. The van der Waals surface area contributed by atoms with Crippen molar-refractivity contribution in [2.45, 2.75) is 71.1 Å². The van der Waals surface area contributed by atoms with E-state index < -0.39 is 5.60 Å². The van der Waals surface area contributed by atoms with Crippen LogP contribution in [0.5, 0.6) is 11.5 Å². The zero-order valence-electron chi connectivity index (χ0n) is 21.7. The predicted octanol–water partition coefficient (Wildman–Crippen LogP) is 7.10. The van der Waals surface area contributed by atoms with Crippen molar-refractivity contribution in [3.8, 4) is 11.5 Å². The molecule has 1 saturated carbocycles. The molecule has 1 aliphatic carbocycles. The second kappa shape index (κ2) is 11.5. The molecule has 0 saturated heterocycles. The Balaban J connectivity index is 1.65. The Kier molecular flexibility index (Phi) is 8.14. The van der Waals surface area contributed by atoms with Crippen LogP contribution in [0.4, 0.5) is 11.4 Å². The van der Waals surface area contributed by atoms with Gasteiger partial charge in [0, 0.05) is 36.4 Å². The van der Waals surface area contributed by atoms with Gasteiger partial charge in [0.05, 0.1) is 18.8 Å². The average molecular weight is 489 g/mol. The maximum Gasteiger partial charge on any atom is 0.338 e. The van der Waals surface area contributed by atoms with Gasteiger partial charge in [-0.1, -0.05) is 12.5 Å². The predicted molar refractivity (Wildman–Crippen MR) is 142 cm³/mol. The molecule has 190 valence electrons. The van der Waals surface area contributed by atoms with Crippen molar-refractivity contribution in [2.24, 2.45) is 0 Å². The van der Waals surface area contributed by atoms with Crippen molar-refractivity contribution < 1.29 is 19.0 Å². The minimum Gasteiger partial charge on any atom is -0.493 e. The summed E-state index contributed by atoms with van der Waals surface area (Å²) < 4.78 is 17.6. The van der Waals surface area contributed by atoms with E-state index in [0.717, 1.165) is 41.3 Å². The summed E-state index contributed by atoms with van der Waals surface area (Å²) in [6, 6.07) is 17.5. The molecule has 2 aromatic carbocycles. The number of hydrogen-bond donors (Lipinski definition) is 0. The van der Waals surface area contributed by atoms with Crippen LogP contribution in [0.3, 0.4) is 0 Å². The van der Waals surface area contributed by atoms with E-state index in [9.17, 15) is 4.79 Å². The summed E-state index contributed by atoms with van der Waals surface area (Å²) in [6.07, 6.45) is 9.65. The van der Waals surface area contributed by atoms with Crippen LogP contribution in [0.2, 0.25) is 0 Å². The monoisotopic (exact) mass is 488 g/mol. The number of ether oxygens (including phenoxy) is 3. The molecule has 0 aliphatic heterocycles. The van der Waals surface area contributed by atoms with Gasteiger partial charge in [0.2, 0.25) is 0 Å². The SMILES string of the molecule is COc1ccc(N(Cc2cccnc2)c2ccc(C(=O)OC(C)(C)C)cc2)cc1OC1CCCCC1. The number of carbonyl (C=O) groups is 1. The number of benzene rings is 2. The van der Waals surface area contributed by atoms with Crippen molar-refractivity contribution in [1.82, 2.24) is 4.98 Å². The number of nitrogens with zero attached hydrogens (tertiary/aromatic N) is 2. The minimum absolute atomic E-state index is 0.211. The normalized spacial score (nSPS) is 14.2. The second-order valence-corrected chi connectivity index (χ2v) is 10.2. The van der Waals surface area contributed by atoms with Crippen LogP contribution < -0.4 is 14.4 Å². The smallest absolute Gasteiger partial charge is 0.338 e. The molecule has 0 atom stereocenters. The fraction of sp³-hybridized carbons (Fsp3) is 0.400. The summed E-state index contributed by atoms with van der Waals surface area (Å²) in [5.74, 6) is 1.15. The maximum absolute atomic E-state index is 12.5. The summed E-state index contributed by atoms with van der Waals surface area (Å²) in [4.78, 5) is 19.0. The molecule has 36 heavy (non-hydrogen) atoms. The molecule has 0 amide bonds. The Bertz CT molecular complexity index is 1130. The number of pyridine rings is 1. The highest BCUT2D eigenvalue weighted by atomic mass is 16.6. The minimum atomic E-state index is -0.542. The molecular formula is C30H36N2O4. The lowest BCUT2D eigenvalue weighted by molar-refractivity contribution is 0.00695. The molecule has 3 aromatic rings. The van der Waals surface area contributed by atoms with Gasteiger partial charge in [-0.25, -0.2) is 4.79 Å². The second-order valence-electron chi connectivity index (χ2n) is 10.2. The molecule has 0 spiro atoms. The van der Waals surface area contributed by atoms with Gasteiger partial charge in [0.1, 0.15) is 5.60 Å². The average Bonchev–Trinajstić information content (AvgIpc) is 2.88. The van der Waals surface area contributed by atoms with E-state index in [1.165, 1.54) is 19.3 Å². The third-order valence-corrected chi connectivity index (χ3v) is 6.18. The van der Waals surface area contributed by atoms with Crippen LogP contribution in [0.25, 0.3) is 0 Å². The van der Waals surface area contributed by atoms with Crippen molar-refractivity contribution >= 4 is 17.3 Å². The van der Waals surface area contributed by atoms with Gasteiger partial charge in [0.25, 0.3) is 0 Å². The molecule has 1 aromatic heterocycles. The Labute approximate surface area is 214 Å². The van der Waals surface area contributed by atoms with Gasteiger partial charge in [-0.05, 0) is 94.5 Å². The molecule has 0 unspecified atom stereocenters. The number of carbonyl (C=O) groups excluding carboxylic acids is 1. The largest absolute Gasteiger partial charge is 0.493 e. The Morgan fingerprint density at radius 3 is 2.33 bits per heavy atom. The van der Waals surface area contributed by atoms with E-state index in [-0.39, 0.29) is 12.1 Å². The lowest BCUT2D eigenvalue weighted by atomic mass is 9.98. The van der Waals surface area contributed by atoms with Crippen LogP contribution in [-0.2, 0) is 11.3 Å². The third kappa shape index (κ3) is 6.78. The van der Waals surface area contributed by atoms with Gasteiger partial charge >= 0.3 is 5.97 Å². The molecule has 1 fully saturated rings. The number of hydrogen-bond acceptors (Lipinski definition) is 6. The Morgan fingerprint density at radius 1 is 0.972 bits per heavy atom. The lowest BCUT2D eigenvalue weighted by Crippen LogP contribution is -2.24. The van der Waals surface area contributed by atoms with Crippen molar-refractivity contribution in [3.05, 3.63) is 78.1 Å². The van der Waals surface area contributed by atoms with Crippen LogP contribution in [0, 0.1) is 0 Å². The van der Waals surface area contributed by atoms with Crippen LogP contribution in [0.1, 0.15) is 68.8 Å². The highest BCUT2D eigenvalue weighted by Gasteiger charge is 2.21. The Morgan fingerprint density at radius 2 is 1.69 bits per heavy atom. The van der Waals surface area contributed by atoms with Crippen molar-refractivity contribution in [3.63, 3.8) is 0 Å². The summed E-state index contributed by atoms with van der Waals surface area (Å²) in [7, 11) is 1.67. The summed E-state index contributed by atoms with van der Waals surface area (Å²) in [5, 5.41) is 0. The van der Waals surface area contributed by atoms with Gasteiger partial charge in [-0.3, -0.25) is 4.98 Å². The first kappa shape index (κ1) is 25.5. The zero-order chi connectivity index (χ0) is 25.5. The van der Waals surface area contributed by atoms with E-state index in [0.29, 0.717) is 12.1 Å². The van der Waals surface area contributed by atoms with Crippen molar-refractivity contribution in [2.75, 3.05) is 12.0 Å². The Hall–Kier alpha value is -3.54. The van der Waals surface area contributed by atoms with Gasteiger partial charge in [-0.15, -0.1) is 0 Å². The van der Waals surface area contributed by atoms with Crippen LogP contribution in [0.15, 0.2) is 67.0 Å². The molecular weight excluding hydrogens is 452 g/mol. The van der Waals surface area contributed by atoms with E-state index in [4.69, 9.17) is 14.2 Å². The van der Waals surface area contributed by atoms with Gasteiger partial charge in [-0.2, -0.15) is 0 Å². The highest BCUT2D eigenvalue weighted by molar-refractivity contribution is 5.90. The molecule has 4 rings (SSSR count). The number of aromatic nitrogens is 1. The standard InChI is InChI=1S/C30H36N2O4/c1-30(2,3)36-29(33)23-12-14-24(15-13-23)32(21-22-9-8-18-31-20-22)25-16-17-27(34-4)28(19-25)35-26-10-6-5-7-11-26/h8-9,12-20,26H,5-7,10-11,21H2,1-4H3. The van der Waals surface area contributed by atoms with E-state index in [1.54, 1.807) is 13.3 Å². The number of esters is 1. The van der Waals surface area contributed by atoms with Crippen LogP contribution >= 0.6 is 0 Å². The number of methoxy groups -OCH3 is 1. The first-order valence-electron chi connectivity index (χ1n) is 12.7. The molecule has 0 bridgehead atoms. The summed E-state index contributed by atoms with van der Waals surface area (Å²) in [5.41, 5.74) is 2.96. The molecule has 1 heterocycles. The van der Waals surface area contributed by atoms with Gasteiger partial charge in [0.15, 0.2) is 11.5 Å². The van der Waals surface area contributed by atoms with E-state index >= 15 is 0 Å². The fourth-order valence-corrected chi connectivity index (χ4v) is 4.41. The number of rotatable bonds is 8. The maximum atomic E-state index is 12.5. The molecule has 6 nitrogen and oxygen atoms in total. The van der Waals surface area contributed by atoms with E-state index in [1.807, 2.05) is 75.5 Å².